The molecule has 2 amide bonds. The van der Waals surface area contributed by atoms with E-state index in [-0.39, 0.29) is 17.7 Å². The van der Waals surface area contributed by atoms with Crippen LogP contribution in [-0.4, -0.2) is 51.9 Å². The van der Waals surface area contributed by atoms with Crippen LogP contribution in [0.15, 0.2) is 11.3 Å². The molecule has 120 valence electrons. The number of carbonyl (C=O) groups excluding carboxylic acids is 3. The van der Waals surface area contributed by atoms with Gasteiger partial charge in [-0.3, -0.25) is 14.5 Å². The monoisotopic (exact) mass is 310 g/mol. The first-order valence-electron chi connectivity index (χ1n) is 6.90. The van der Waals surface area contributed by atoms with Crippen LogP contribution < -0.4 is 5.32 Å². The summed E-state index contributed by atoms with van der Waals surface area (Å²) in [5, 5.41) is 11.6. The Kier molecular flexibility index (Phi) is 3.95. The van der Waals surface area contributed by atoms with Crippen molar-refractivity contribution in [1.29, 1.82) is 0 Å². The van der Waals surface area contributed by atoms with Gasteiger partial charge in [-0.15, -0.1) is 0 Å². The molecular weight excluding hydrogens is 292 g/mol. The molecule has 2 N–H and O–H groups in total. The lowest BCUT2D eigenvalue weighted by molar-refractivity contribution is -0.154. The number of allylic oxidation sites excluding steroid dienone is 1. The summed E-state index contributed by atoms with van der Waals surface area (Å²) >= 11 is 0. The zero-order valence-electron chi connectivity index (χ0n) is 12.6. The molecule has 0 aromatic rings. The molecule has 1 fully saturated rings. The fourth-order valence-electron chi connectivity index (χ4n) is 2.64. The number of nitrogens with zero attached hydrogens (tertiary/aromatic N) is 1. The van der Waals surface area contributed by atoms with E-state index in [1.807, 2.05) is 0 Å². The molecule has 8 heteroatoms. The Bertz CT molecular complexity index is 574. The Morgan fingerprint density at radius 2 is 2.05 bits per heavy atom. The van der Waals surface area contributed by atoms with Crippen molar-refractivity contribution in [2.45, 2.75) is 51.3 Å². The molecule has 0 spiro atoms. The van der Waals surface area contributed by atoms with Crippen LogP contribution in [0, 0.1) is 0 Å². The highest BCUT2D eigenvalue weighted by atomic mass is 16.6. The summed E-state index contributed by atoms with van der Waals surface area (Å²) in [7, 11) is 0. The largest absolute Gasteiger partial charge is 0.477 e. The van der Waals surface area contributed by atoms with Crippen LogP contribution in [0.3, 0.4) is 0 Å². The lowest BCUT2D eigenvalue weighted by atomic mass is 9.84. The number of rotatable bonds is 3. The Morgan fingerprint density at radius 1 is 1.41 bits per heavy atom. The minimum absolute atomic E-state index is 0.0906. The molecule has 2 rings (SSSR count). The minimum Gasteiger partial charge on any atom is -0.477 e. The zero-order valence-corrected chi connectivity index (χ0v) is 12.6. The standard InChI is InChI=1S/C14H18N2O6/c1-14(2,3)22-13(21)15-9-8-5-4-7(6-17)10(12(19)20)16(8)11(9)18/h6,8-9H,4-5H2,1-3H3,(H,15,21)(H,19,20). The van der Waals surface area contributed by atoms with E-state index in [1.165, 1.54) is 0 Å². The number of aldehydes is 1. The van der Waals surface area contributed by atoms with E-state index in [0.717, 1.165) is 4.90 Å². The van der Waals surface area contributed by atoms with Gasteiger partial charge in [0.05, 0.1) is 6.04 Å². The Balaban J connectivity index is 2.12. The van der Waals surface area contributed by atoms with Crippen molar-refractivity contribution in [3.8, 4) is 0 Å². The summed E-state index contributed by atoms with van der Waals surface area (Å²) in [4.78, 5) is 47.1. The number of aliphatic carboxylic acids is 1. The van der Waals surface area contributed by atoms with E-state index in [9.17, 15) is 24.3 Å². The van der Waals surface area contributed by atoms with E-state index < -0.39 is 35.7 Å². The molecule has 2 aliphatic rings. The van der Waals surface area contributed by atoms with Gasteiger partial charge in [-0.1, -0.05) is 0 Å². The average Bonchev–Trinajstić information content (AvgIpc) is 2.40. The summed E-state index contributed by atoms with van der Waals surface area (Å²) in [6, 6.07) is -1.28. The molecule has 0 saturated carbocycles. The second-order valence-electron chi connectivity index (χ2n) is 6.24. The highest BCUT2D eigenvalue weighted by Gasteiger charge is 2.53. The lowest BCUT2D eigenvalue weighted by Gasteiger charge is -2.49. The number of fused-ring (bicyclic) bond motifs is 1. The molecule has 22 heavy (non-hydrogen) atoms. The van der Waals surface area contributed by atoms with Crippen molar-refractivity contribution >= 4 is 24.3 Å². The minimum atomic E-state index is -1.32. The topological polar surface area (TPSA) is 113 Å². The summed E-state index contributed by atoms with van der Waals surface area (Å²) in [5.74, 6) is -1.87. The quantitative estimate of drug-likeness (QED) is 0.577. The van der Waals surface area contributed by atoms with Crippen molar-refractivity contribution < 1.29 is 29.0 Å². The number of carbonyl (C=O) groups is 4. The van der Waals surface area contributed by atoms with Gasteiger partial charge in [0.2, 0.25) is 0 Å². The first-order valence-corrected chi connectivity index (χ1v) is 6.90. The predicted molar refractivity (Wildman–Crippen MR) is 73.8 cm³/mol. The average molecular weight is 310 g/mol. The van der Waals surface area contributed by atoms with Crippen LogP contribution in [-0.2, 0) is 19.1 Å². The van der Waals surface area contributed by atoms with Gasteiger partial charge in [-0.05, 0) is 33.6 Å². The highest BCUT2D eigenvalue weighted by Crippen LogP contribution is 2.36. The third-order valence-electron chi connectivity index (χ3n) is 3.49. The summed E-state index contributed by atoms with van der Waals surface area (Å²) in [6.45, 7) is 5.09. The molecular formula is C14H18N2O6. The Hall–Kier alpha value is -2.38. The van der Waals surface area contributed by atoms with Crippen molar-refractivity contribution in [1.82, 2.24) is 10.2 Å². The van der Waals surface area contributed by atoms with Crippen LogP contribution in [0.5, 0.6) is 0 Å². The summed E-state index contributed by atoms with van der Waals surface area (Å²) in [6.07, 6.45) is 0.401. The third kappa shape index (κ3) is 2.81. The van der Waals surface area contributed by atoms with Crippen LogP contribution in [0.2, 0.25) is 0 Å². The maximum absolute atomic E-state index is 12.1. The zero-order chi connectivity index (χ0) is 16.7. The van der Waals surface area contributed by atoms with Gasteiger partial charge >= 0.3 is 12.1 Å². The highest BCUT2D eigenvalue weighted by molar-refractivity contribution is 6.04. The molecule has 2 heterocycles. The molecule has 0 aromatic heterocycles. The smallest absolute Gasteiger partial charge is 0.408 e. The number of carboxylic acids is 1. The summed E-state index contributed by atoms with van der Waals surface area (Å²) in [5.41, 5.74) is -0.897. The fourth-order valence-corrected chi connectivity index (χ4v) is 2.64. The first-order chi connectivity index (χ1) is 10.2. The molecule has 8 nitrogen and oxygen atoms in total. The van der Waals surface area contributed by atoms with E-state index in [4.69, 9.17) is 4.74 Å². The van der Waals surface area contributed by atoms with Crippen molar-refractivity contribution in [2.24, 2.45) is 0 Å². The number of amides is 2. The molecule has 2 unspecified atom stereocenters. The van der Waals surface area contributed by atoms with Gasteiger partial charge in [0.25, 0.3) is 5.91 Å². The van der Waals surface area contributed by atoms with Crippen LogP contribution in [0.25, 0.3) is 0 Å². The molecule has 0 aliphatic carbocycles. The number of ether oxygens (including phenoxy) is 1. The predicted octanol–water partition coefficient (Wildman–Crippen LogP) is 0.422. The van der Waals surface area contributed by atoms with Crippen molar-refractivity contribution in [2.75, 3.05) is 0 Å². The number of nitrogens with one attached hydrogen (secondary N) is 1. The van der Waals surface area contributed by atoms with Crippen molar-refractivity contribution in [3.63, 3.8) is 0 Å². The number of β-lactam (4-membered cyclic amide) rings is 1. The lowest BCUT2D eigenvalue weighted by Crippen LogP contribution is -2.71. The number of hydrogen-bond donors (Lipinski definition) is 2. The molecule has 0 bridgehead atoms. The molecule has 0 radical (unpaired) electrons. The molecule has 0 aromatic carbocycles. The second kappa shape index (κ2) is 5.43. The van der Waals surface area contributed by atoms with E-state index in [2.05, 4.69) is 5.32 Å². The van der Waals surface area contributed by atoms with Crippen LogP contribution in [0.1, 0.15) is 33.6 Å². The third-order valence-corrected chi connectivity index (χ3v) is 3.49. The normalized spacial score (nSPS) is 24.3. The molecule has 2 aliphatic heterocycles. The number of hydrogen-bond acceptors (Lipinski definition) is 5. The van der Waals surface area contributed by atoms with E-state index in [0.29, 0.717) is 12.7 Å². The van der Waals surface area contributed by atoms with Gasteiger partial charge in [0.15, 0.2) is 0 Å². The number of alkyl carbamates (subject to hydrolysis) is 1. The number of carboxylic acid groups (broad SMARTS) is 1. The molecule has 1 saturated heterocycles. The van der Waals surface area contributed by atoms with Gasteiger partial charge in [0, 0.05) is 5.57 Å². The van der Waals surface area contributed by atoms with Crippen LogP contribution >= 0.6 is 0 Å². The maximum atomic E-state index is 12.1. The van der Waals surface area contributed by atoms with Gasteiger partial charge < -0.3 is 15.2 Å². The van der Waals surface area contributed by atoms with Crippen molar-refractivity contribution in [3.05, 3.63) is 11.3 Å². The van der Waals surface area contributed by atoms with Gasteiger partial charge in [-0.25, -0.2) is 9.59 Å². The summed E-state index contributed by atoms with van der Waals surface area (Å²) < 4.78 is 5.08. The van der Waals surface area contributed by atoms with Crippen LogP contribution in [0.4, 0.5) is 4.79 Å². The first kappa shape index (κ1) is 16.0. The SMILES string of the molecule is CC(C)(C)OC(=O)NC1C(=O)N2C(C(=O)O)=C(C=O)CCC12. The fraction of sp³-hybridized carbons (Fsp3) is 0.571. The molecule has 2 atom stereocenters. The van der Waals surface area contributed by atoms with E-state index >= 15 is 0 Å². The second-order valence-corrected chi connectivity index (χ2v) is 6.24. The maximum Gasteiger partial charge on any atom is 0.408 e. The van der Waals surface area contributed by atoms with E-state index in [1.54, 1.807) is 20.8 Å². The van der Waals surface area contributed by atoms with Gasteiger partial charge in [-0.2, -0.15) is 0 Å². The van der Waals surface area contributed by atoms with Gasteiger partial charge in [0.1, 0.15) is 23.6 Å². The Labute approximate surface area is 127 Å². The Morgan fingerprint density at radius 3 is 2.55 bits per heavy atom.